The van der Waals surface area contributed by atoms with Gasteiger partial charge in [-0.25, -0.2) is 4.57 Å². The molecule has 1 aliphatic heterocycles. The highest BCUT2D eigenvalue weighted by molar-refractivity contribution is 7.47. The van der Waals surface area contributed by atoms with Gasteiger partial charge in [-0.3, -0.25) is 9.42 Å². The van der Waals surface area contributed by atoms with E-state index in [9.17, 15) is 19.7 Å². The Morgan fingerprint density at radius 1 is 1.23 bits per heavy atom. The summed E-state index contributed by atoms with van der Waals surface area (Å²) in [5, 5.41) is 27.6. The van der Waals surface area contributed by atoms with Crippen molar-refractivity contribution in [1.82, 2.24) is 0 Å². The third kappa shape index (κ3) is 4.39. The normalized spacial score (nSPS) is 22.9. The van der Waals surface area contributed by atoms with E-state index in [0.29, 0.717) is 29.7 Å². The van der Waals surface area contributed by atoms with Crippen LogP contribution in [0.3, 0.4) is 0 Å². The van der Waals surface area contributed by atoms with E-state index in [1.54, 1.807) is 13.8 Å². The Hall–Kier alpha value is -1.15. The smallest absolute Gasteiger partial charge is 0.485 e. The van der Waals surface area contributed by atoms with Crippen LogP contribution in [0.4, 0.5) is 0 Å². The quantitative estimate of drug-likeness (QED) is 0.517. The molecule has 0 amide bonds. The minimum Gasteiger partial charge on any atom is -0.485 e. The lowest BCUT2D eigenvalue weighted by Crippen LogP contribution is -2.40. The van der Waals surface area contributed by atoms with Crippen molar-refractivity contribution in [2.45, 2.75) is 52.2 Å². The highest BCUT2D eigenvalue weighted by Gasteiger charge is 2.35. The molecule has 4 N–H and O–H groups in total. The van der Waals surface area contributed by atoms with Crippen LogP contribution < -0.4 is 9.26 Å². The van der Waals surface area contributed by atoms with Gasteiger partial charge in [0.15, 0.2) is 0 Å². The number of fused-ring (bicyclic) bond motifs is 1. The molecule has 26 heavy (non-hydrogen) atoms. The summed E-state index contributed by atoms with van der Waals surface area (Å²) in [6.45, 7) is 5.97. The van der Waals surface area contributed by atoms with E-state index in [-0.39, 0.29) is 12.4 Å². The zero-order chi connectivity index (χ0) is 19.7. The van der Waals surface area contributed by atoms with E-state index < -0.39 is 32.7 Å². The van der Waals surface area contributed by atoms with E-state index in [4.69, 9.17) is 18.9 Å². The molecule has 8 nitrogen and oxygen atoms in total. The Balaban J connectivity index is 2.34. The highest BCUT2D eigenvalue weighted by atomic mass is 31.2. The average Bonchev–Trinajstić information content (AvgIpc) is 2.61. The minimum atomic E-state index is -4.47. The molecule has 0 fully saturated rings. The van der Waals surface area contributed by atoms with E-state index in [2.05, 4.69) is 0 Å². The van der Waals surface area contributed by atoms with Crippen LogP contribution >= 0.6 is 7.82 Å². The SMILES string of the molecule is Cc1c(C)c2c(c(C)c1OP(=O)(O)OC[C@@H](O)CO)CCC(C)(CO)O2. The number of phosphoric acid groups is 1. The largest absolute Gasteiger partial charge is 0.527 e. The number of rotatable bonds is 7. The number of ether oxygens (including phenoxy) is 1. The molecule has 0 aromatic heterocycles. The molecular formula is C17H27O8P. The Morgan fingerprint density at radius 2 is 1.88 bits per heavy atom. The van der Waals surface area contributed by atoms with Crippen LogP contribution in [0, 0.1) is 20.8 Å². The zero-order valence-corrected chi connectivity index (χ0v) is 16.4. The van der Waals surface area contributed by atoms with Gasteiger partial charge in [0.1, 0.15) is 23.2 Å². The monoisotopic (exact) mass is 390 g/mol. The van der Waals surface area contributed by atoms with Crippen molar-refractivity contribution in [2.75, 3.05) is 19.8 Å². The van der Waals surface area contributed by atoms with Crippen molar-refractivity contribution < 1.29 is 38.6 Å². The number of aliphatic hydroxyl groups is 3. The molecule has 0 saturated carbocycles. The number of benzene rings is 1. The molecule has 1 aromatic rings. The van der Waals surface area contributed by atoms with Crippen LogP contribution in [0.15, 0.2) is 0 Å². The fraction of sp³-hybridized carbons (Fsp3) is 0.647. The topological polar surface area (TPSA) is 126 Å². The molecule has 1 heterocycles. The highest BCUT2D eigenvalue weighted by Crippen LogP contribution is 2.50. The summed E-state index contributed by atoms with van der Waals surface area (Å²) in [6, 6.07) is 0. The summed E-state index contributed by atoms with van der Waals surface area (Å²) in [5.41, 5.74) is 2.27. The van der Waals surface area contributed by atoms with E-state index in [1.165, 1.54) is 0 Å². The summed E-state index contributed by atoms with van der Waals surface area (Å²) in [4.78, 5) is 9.93. The molecule has 1 aliphatic rings. The van der Waals surface area contributed by atoms with Crippen LogP contribution in [-0.4, -0.2) is 51.7 Å². The number of aliphatic hydroxyl groups excluding tert-OH is 3. The fourth-order valence-electron chi connectivity index (χ4n) is 2.90. The Labute approximate surface area is 153 Å². The summed E-state index contributed by atoms with van der Waals surface area (Å²) < 4.78 is 28.2. The predicted octanol–water partition coefficient (Wildman–Crippen LogP) is 1.54. The first-order valence-electron chi connectivity index (χ1n) is 8.42. The third-order valence-corrected chi connectivity index (χ3v) is 5.63. The summed E-state index contributed by atoms with van der Waals surface area (Å²) in [5.74, 6) is 0.904. The molecule has 2 unspecified atom stereocenters. The summed E-state index contributed by atoms with van der Waals surface area (Å²) >= 11 is 0. The molecule has 148 valence electrons. The molecular weight excluding hydrogens is 363 g/mol. The second-order valence-corrected chi connectivity index (χ2v) is 8.29. The van der Waals surface area contributed by atoms with Crippen molar-refractivity contribution >= 4 is 7.82 Å². The van der Waals surface area contributed by atoms with Gasteiger partial charge in [0.25, 0.3) is 0 Å². The van der Waals surface area contributed by atoms with Gasteiger partial charge in [0.2, 0.25) is 0 Å². The van der Waals surface area contributed by atoms with Gasteiger partial charge in [0.05, 0.1) is 19.8 Å². The van der Waals surface area contributed by atoms with E-state index in [1.807, 2.05) is 13.8 Å². The van der Waals surface area contributed by atoms with Crippen molar-refractivity contribution in [3.8, 4) is 11.5 Å². The molecule has 1 aromatic carbocycles. The van der Waals surface area contributed by atoms with Gasteiger partial charge < -0.3 is 24.6 Å². The van der Waals surface area contributed by atoms with E-state index >= 15 is 0 Å². The zero-order valence-electron chi connectivity index (χ0n) is 15.5. The summed E-state index contributed by atoms with van der Waals surface area (Å²) in [6.07, 6.45) is -0.0267. The maximum absolute atomic E-state index is 12.2. The van der Waals surface area contributed by atoms with Gasteiger partial charge in [-0.05, 0) is 57.2 Å². The van der Waals surface area contributed by atoms with Crippen molar-refractivity contribution in [1.29, 1.82) is 0 Å². The van der Waals surface area contributed by atoms with Crippen LogP contribution in [0.25, 0.3) is 0 Å². The maximum Gasteiger partial charge on any atom is 0.527 e. The first-order valence-corrected chi connectivity index (χ1v) is 9.91. The Kier molecular flexibility index (Phi) is 6.38. The first kappa shape index (κ1) is 21.2. The third-order valence-electron chi connectivity index (χ3n) is 4.75. The summed E-state index contributed by atoms with van der Waals surface area (Å²) in [7, 11) is -4.47. The molecule has 0 saturated heterocycles. The molecule has 0 spiro atoms. The molecule has 0 bridgehead atoms. The van der Waals surface area contributed by atoms with Gasteiger partial charge in [-0.1, -0.05) is 0 Å². The molecule has 0 aliphatic carbocycles. The number of phosphoric ester groups is 1. The lowest BCUT2D eigenvalue weighted by atomic mass is 9.87. The van der Waals surface area contributed by atoms with Gasteiger partial charge in [-0.2, -0.15) is 0 Å². The second-order valence-electron chi connectivity index (χ2n) is 6.91. The molecule has 9 heteroatoms. The fourth-order valence-corrected chi connectivity index (χ4v) is 3.82. The lowest BCUT2D eigenvalue weighted by Gasteiger charge is -2.37. The second kappa shape index (κ2) is 7.84. The molecule has 2 rings (SSSR count). The number of hydrogen-bond acceptors (Lipinski definition) is 7. The van der Waals surface area contributed by atoms with Crippen LogP contribution in [0.1, 0.15) is 35.6 Å². The standard InChI is InChI=1S/C17H27O8P/c1-10-11(2)16-14(5-6-17(4,9-19)24-16)12(3)15(10)25-26(21,22)23-8-13(20)7-18/h13,18-20H,5-9H2,1-4H3,(H,21,22)/t13-,17?/m0/s1. The van der Waals surface area contributed by atoms with E-state index in [0.717, 1.165) is 11.1 Å². The number of hydrogen-bond donors (Lipinski definition) is 4. The van der Waals surface area contributed by atoms with Crippen LogP contribution in [0.2, 0.25) is 0 Å². The first-order chi connectivity index (χ1) is 12.0. The maximum atomic E-state index is 12.2. The molecule has 0 radical (unpaired) electrons. The predicted molar refractivity (Wildman–Crippen MR) is 94.6 cm³/mol. The van der Waals surface area contributed by atoms with Crippen LogP contribution in [-0.2, 0) is 15.5 Å². The van der Waals surface area contributed by atoms with Crippen LogP contribution in [0.5, 0.6) is 11.5 Å². The van der Waals surface area contributed by atoms with Crippen molar-refractivity contribution in [3.05, 3.63) is 22.3 Å². The van der Waals surface area contributed by atoms with Crippen molar-refractivity contribution in [2.24, 2.45) is 0 Å². The van der Waals surface area contributed by atoms with Gasteiger partial charge in [-0.15, -0.1) is 0 Å². The van der Waals surface area contributed by atoms with Crippen molar-refractivity contribution in [3.63, 3.8) is 0 Å². The Morgan fingerprint density at radius 3 is 2.46 bits per heavy atom. The minimum absolute atomic E-state index is 0.102. The lowest BCUT2D eigenvalue weighted by molar-refractivity contribution is 0.00719. The molecule has 3 atom stereocenters. The van der Waals surface area contributed by atoms with Gasteiger partial charge in [0, 0.05) is 5.56 Å². The Bertz CT molecular complexity index is 719. The van der Waals surface area contributed by atoms with Gasteiger partial charge >= 0.3 is 7.82 Å². The average molecular weight is 390 g/mol.